The van der Waals surface area contributed by atoms with Crippen molar-refractivity contribution in [1.29, 1.82) is 0 Å². The fourth-order valence-electron chi connectivity index (χ4n) is 3.45. The third-order valence-electron chi connectivity index (χ3n) is 4.67. The van der Waals surface area contributed by atoms with Gasteiger partial charge < -0.3 is 5.32 Å². The normalized spacial score (nSPS) is 17.2. The Morgan fingerprint density at radius 2 is 2.05 bits per heavy atom. The maximum absolute atomic E-state index is 4.57. The molecule has 0 aliphatic heterocycles. The van der Waals surface area contributed by atoms with E-state index in [1.165, 1.54) is 34.4 Å². The highest BCUT2D eigenvalue weighted by Crippen LogP contribution is 2.34. The first kappa shape index (κ1) is 16.1. The number of hydrogen-bond acceptors (Lipinski definition) is 2. The fraction of sp³-hybridized carbons (Fsp3) is 0.471. The molecule has 1 N–H and O–H groups in total. The highest BCUT2D eigenvalue weighted by Gasteiger charge is 2.22. The second-order valence-corrected chi connectivity index (χ2v) is 5.84. The first-order chi connectivity index (χ1) is 9.61. The molecular formula is C17H24ClN3. The summed E-state index contributed by atoms with van der Waals surface area (Å²) in [6.45, 7) is 4.27. The number of aromatic nitrogens is 2. The van der Waals surface area contributed by atoms with E-state index in [0.717, 1.165) is 18.5 Å². The lowest BCUT2D eigenvalue weighted by atomic mass is 9.83. The Kier molecular flexibility index (Phi) is 4.74. The van der Waals surface area contributed by atoms with E-state index in [2.05, 4.69) is 49.5 Å². The summed E-state index contributed by atoms with van der Waals surface area (Å²) in [6.07, 6.45) is 3.52. The molecule has 0 radical (unpaired) electrons. The molecule has 1 aromatic carbocycles. The van der Waals surface area contributed by atoms with Crippen molar-refractivity contribution in [2.75, 3.05) is 7.05 Å². The van der Waals surface area contributed by atoms with Gasteiger partial charge >= 0.3 is 0 Å². The van der Waals surface area contributed by atoms with Crippen molar-refractivity contribution in [3.05, 3.63) is 40.7 Å². The molecular weight excluding hydrogens is 282 g/mol. The number of aryl methyl sites for hydroxylation is 2. The van der Waals surface area contributed by atoms with Crippen molar-refractivity contribution < 1.29 is 0 Å². The van der Waals surface area contributed by atoms with Crippen LogP contribution in [0.4, 0.5) is 0 Å². The van der Waals surface area contributed by atoms with Crippen LogP contribution < -0.4 is 5.32 Å². The van der Waals surface area contributed by atoms with Gasteiger partial charge in [0.25, 0.3) is 0 Å². The van der Waals surface area contributed by atoms with Crippen LogP contribution in [-0.4, -0.2) is 22.9 Å². The van der Waals surface area contributed by atoms with Gasteiger partial charge in [-0.25, -0.2) is 0 Å². The molecule has 0 amide bonds. The van der Waals surface area contributed by atoms with E-state index < -0.39 is 0 Å². The van der Waals surface area contributed by atoms with Gasteiger partial charge in [-0.3, -0.25) is 4.68 Å². The van der Waals surface area contributed by atoms with Crippen LogP contribution in [-0.2, 0) is 19.9 Å². The maximum atomic E-state index is 4.57. The van der Waals surface area contributed by atoms with Crippen LogP contribution in [0.15, 0.2) is 18.2 Å². The summed E-state index contributed by atoms with van der Waals surface area (Å²) in [4.78, 5) is 0. The number of benzene rings is 1. The second-order valence-electron chi connectivity index (χ2n) is 5.84. The number of fused-ring (bicyclic) bond motifs is 1. The molecule has 3 nitrogen and oxygen atoms in total. The van der Waals surface area contributed by atoms with E-state index in [1.54, 1.807) is 0 Å². The summed E-state index contributed by atoms with van der Waals surface area (Å²) in [6, 6.07) is 7.35. The minimum absolute atomic E-state index is 0. The molecule has 0 fully saturated rings. The molecule has 1 aromatic heterocycles. The van der Waals surface area contributed by atoms with E-state index >= 15 is 0 Å². The molecule has 1 unspecified atom stereocenters. The van der Waals surface area contributed by atoms with Crippen LogP contribution in [0.2, 0.25) is 0 Å². The van der Waals surface area contributed by atoms with Crippen molar-refractivity contribution in [3.63, 3.8) is 0 Å². The summed E-state index contributed by atoms with van der Waals surface area (Å²) >= 11 is 0. The number of rotatable bonds is 2. The van der Waals surface area contributed by atoms with E-state index in [9.17, 15) is 0 Å². The average Bonchev–Trinajstić information content (AvgIpc) is 2.71. The zero-order valence-electron chi connectivity index (χ0n) is 13.2. The third-order valence-corrected chi connectivity index (χ3v) is 4.67. The van der Waals surface area contributed by atoms with Gasteiger partial charge in [-0.2, -0.15) is 5.10 Å². The zero-order chi connectivity index (χ0) is 14.3. The Hall–Kier alpha value is -1.32. The number of nitrogens with zero attached hydrogens (tertiary/aromatic N) is 2. The number of halogens is 1. The van der Waals surface area contributed by atoms with Gasteiger partial charge in [0.1, 0.15) is 0 Å². The van der Waals surface area contributed by atoms with Crippen LogP contribution in [0.25, 0.3) is 11.1 Å². The molecule has 114 valence electrons. The molecule has 1 atom stereocenters. The predicted molar refractivity (Wildman–Crippen MR) is 90.2 cm³/mol. The van der Waals surface area contributed by atoms with Crippen molar-refractivity contribution >= 4 is 12.4 Å². The first-order valence-corrected chi connectivity index (χ1v) is 7.40. The SMILES string of the molecule is CNC1CCc2c(cccc2-c2c(C)nn(C)c2C)C1.Cl. The van der Waals surface area contributed by atoms with Crippen molar-refractivity contribution in [2.24, 2.45) is 7.05 Å². The molecule has 0 saturated carbocycles. The average molecular weight is 306 g/mol. The Balaban J connectivity index is 0.00000161. The van der Waals surface area contributed by atoms with E-state index in [1.807, 2.05) is 11.7 Å². The lowest BCUT2D eigenvalue weighted by Gasteiger charge is -2.26. The summed E-state index contributed by atoms with van der Waals surface area (Å²) in [7, 11) is 4.09. The molecule has 3 rings (SSSR count). The van der Waals surface area contributed by atoms with Gasteiger partial charge in [0.2, 0.25) is 0 Å². The molecule has 4 heteroatoms. The highest BCUT2D eigenvalue weighted by molar-refractivity contribution is 5.85. The van der Waals surface area contributed by atoms with Gasteiger partial charge in [-0.05, 0) is 56.8 Å². The lowest BCUT2D eigenvalue weighted by Crippen LogP contribution is -2.31. The van der Waals surface area contributed by atoms with Crippen molar-refractivity contribution in [3.8, 4) is 11.1 Å². The van der Waals surface area contributed by atoms with Crippen LogP contribution in [0.1, 0.15) is 28.9 Å². The number of likely N-dealkylation sites (N-methyl/N-ethyl adjacent to an activating group) is 1. The van der Waals surface area contributed by atoms with Gasteiger partial charge in [0, 0.05) is 24.3 Å². The van der Waals surface area contributed by atoms with Gasteiger partial charge in [0.15, 0.2) is 0 Å². The topological polar surface area (TPSA) is 29.9 Å². The molecule has 0 saturated heterocycles. The Morgan fingerprint density at radius 1 is 1.29 bits per heavy atom. The molecule has 1 heterocycles. The van der Waals surface area contributed by atoms with Crippen LogP contribution >= 0.6 is 12.4 Å². The van der Waals surface area contributed by atoms with Gasteiger partial charge in [-0.1, -0.05) is 18.2 Å². The predicted octanol–water partition coefficient (Wildman–Crippen LogP) is 3.20. The smallest absolute Gasteiger partial charge is 0.0674 e. The zero-order valence-corrected chi connectivity index (χ0v) is 14.0. The lowest BCUT2D eigenvalue weighted by molar-refractivity contribution is 0.497. The van der Waals surface area contributed by atoms with Crippen molar-refractivity contribution in [2.45, 2.75) is 39.2 Å². The summed E-state index contributed by atoms with van der Waals surface area (Å²) in [5, 5.41) is 7.99. The molecule has 1 aliphatic rings. The van der Waals surface area contributed by atoms with Crippen LogP contribution in [0.3, 0.4) is 0 Å². The third kappa shape index (κ3) is 2.72. The van der Waals surface area contributed by atoms with E-state index in [-0.39, 0.29) is 12.4 Å². The highest BCUT2D eigenvalue weighted by atomic mass is 35.5. The summed E-state index contributed by atoms with van der Waals surface area (Å²) in [5.41, 5.74) is 8.13. The van der Waals surface area contributed by atoms with Crippen molar-refractivity contribution in [1.82, 2.24) is 15.1 Å². The minimum atomic E-state index is 0. The largest absolute Gasteiger partial charge is 0.317 e. The summed E-state index contributed by atoms with van der Waals surface area (Å²) < 4.78 is 1.99. The second kappa shape index (κ2) is 6.20. The van der Waals surface area contributed by atoms with Crippen LogP contribution in [0, 0.1) is 13.8 Å². The van der Waals surface area contributed by atoms with E-state index in [4.69, 9.17) is 0 Å². The molecule has 0 spiro atoms. The minimum Gasteiger partial charge on any atom is -0.317 e. The molecule has 0 bridgehead atoms. The quantitative estimate of drug-likeness (QED) is 0.923. The standard InChI is InChI=1S/C17H23N3.ClH/c1-11-17(12(2)20(4)19-11)16-7-5-6-13-10-14(18-3)8-9-15(13)16;/h5-7,14,18H,8-10H2,1-4H3;1H. The summed E-state index contributed by atoms with van der Waals surface area (Å²) in [5.74, 6) is 0. The van der Waals surface area contributed by atoms with Gasteiger partial charge in [-0.15, -0.1) is 12.4 Å². The van der Waals surface area contributed by atoms with Crippen LogP contribution in [0.5, 0.6) is 0 Å². The first-order valence-electron chi connectivity index (χ1n) is 7.40. The number of nitrogens with one attached hydrogen (secondary N) is 1. The van der Waals surface area contributed by atoms with Gasteiger partial charge in [0.05, 0.1) is 5.69 Å². The monoisotopic (exact) mass is 305 g/mol. The molecule has 21 heavy (non-hydrogen) atoms. The van der Waals surface area contributed by atoms with E-state index in [0.29, 0.717) is 6.04 Å². The molecule has 1 aliphatic carbocycles. The number of hydrogen-bond donors (Lipinski definition) is 1. The Labute approximate surface area is 133 Å². The molecule has 2 aromatic rings. The fourth-order valence-corrected chi connectivity index (χ4v) is 3.45. The maximum Gasteiger partial charge on any atom is 0.0674 e. The Morgan fingerprint density at radius 3 is 2.67 bits per heavy atom. The Bertz CT molecular complexity index is 646.